The van der Waals surface area contributed by atoms with Gasteiger partial charge < -0.3 is 0 Å². The fourth-order valence-electron chi connectivity index (χ4n) is 2.01. The Morgan fingerprint density at radius 3 is 2.57 bits per heavy atom. The summed E-state index contributed by atoms with van der Waals surface area (Å²) in [7, 11) is 0. The molecule has 0 radical (unpaired) electrons. The highest BCUT2D eigenvalue weighted by Gasteiger charge is 2.14. The van der Waals surface area contributed by atoms with Crippen molar-refractivity contribution >= 4 is 22.3 Å². The van der Waals surface area contributed by atoms with E-state index in [0.717, 1.165) is 0 Å². The molecule has 21 heavy (non-hydrogen) atoms. The van der Waals surface area contributed by atoms with Gasteiger partial charge in [0.1, 0.15) is 11.8 Å². The molecule has 100 valence electrons. The molecule has 9 heteroatoms. The largest absolute Gasteiger partial charge is 0.355 e. The van der Waals surface area contributed by atoms with E-state index in [1.54, 1.807) is 0 Å². The van der Waals surface area contributed by atoms with Gasteiger partial charge in [0.05, 0.1) is 6.20 Å². The summed E-state index contributed by atoms with van der Waals surface area (Å²) in [4.78, 5) is 40.7. The number of nitrogens with zero attached hydrogens (tertiary/aromatic N) is 8. The van der Waals surface area contributed by atoms with Crippen LogP contribution in [0.3, 0.4) is 0 Å². The van der Waals surface area contributed by atoms with E-state index in [4.69, 9.17) is 0 Å². The van der Waals surface area contributed by atoms with Crippen molar-refractivity contribution in [2.24, 2.45) is 0 Å². The summed E-state index contributed by atoms with van der Waals surface area (Å²) in [5.74, 6) is 0.275. The molecule has 4 aromatic rings. The van der Waals surface area contributed by atoms with Crippen LogP contribution >= 0.6 is 0 Å². The molecule has 0 amide bonds. The number of aromatic nitrogens is 8. The van der Waals surface area contributed by atoms with Crippen LogP contribution in [0.5, 0.6) is 0 Å². The topological polar surface area (TPSA) is 112 Å². The second kappa shape index (κ2) is 4.34. The first kappa shape index (κ1) is 11.5. The van der Waals surface area contributed by atoms with Crippen molar-refractivity contribution in [2.45, 2.75) is 0 Å². The average Bonchev–Trinajstić information content (AvgIpc) is 2.54. The molecule has 4 heterocycles. The molecule has 0 aliphatic heterocycles. The summed E-state index contributed by atoms with van der Waals surface area (Å²) in [6.07, 6.45) is 8.72. The van der Waals surface area contributed by atoms with Crippen molar-refractivity contribution in [2.75, 3.05) is 0 Å². The second-order valence-electron chi connectivity index (χ2n) is 4.07. The molecule has 0 unspecified atom stereocenters. The van der Waals surface area contributed by atoms with Gasteiger partial charge in [-0.3, -0.25) is 0 Å². The monoisotopic (exact) mass is 278 g/mol. The molecular formula is C12H6N8O. The quantitative estimate of drug-likeness (QED) is 0.474. The Labute approximate surface area is 116 Å². The van der Waals surface area contributed by atoms with Crippen LogP contribution in [0.1, 0.15) is 0 Å². The Kier molecular flexibility index (Phi) is 2.37. The zero-order valence-electron chi connectivity index (χ0n) is 10.5. The predicted octanol–water partition coefficient (Wildman–Crippen LogP) is -0.0911. The predicted molar refractivity (Wildman–Crippen MR) is 71.6 cm³/mol. The second-order valence-corrected chi connectivity index (χ2v) is 4.07. The van der Waals surface area contributed by atoms with Gasteiger partial charge in [-0.15, -0.1) is 0 Å². The van der Waals surface area contributed by atoms with Crippen LogP contribution in [-0.4, -0.2) is 39.5 Å². The molecule has 0 saturated heterocycles. The van der Waals surface area contributed by atoms with E-state index < -0.39 is 5.69 Å². The maximum absolute atomic E-state index is 12.2. The van der Waals surface area contributed by atoms with Gasteiger partial charge in [0.15, 0.2) is 22.6 Å². The van der Waals surface area contributed by atoms with Crippen molar-refractivity contribution in [3.8, 4) is 5.82 Å². The Morgan fingerprint density at radius 1 is 0.810 bits per heavy atom. The third kappa shape index (κ3) is 1.71. The van der Waals surface area contributed by atoms with E-state index in [1.807, 2.05) is 0 Å². The van der Waals surface area contributed by atoms with Crippen LogP contribution in [0.25, 0.3) is 28.1 Å². The van der Waals surface area contributed by atoms with E-state index in [9.17, 15) is 4.79 Å². The third-order valence-electron chi connectivity index (χ3n) is 2.87. The highest BCUT2D eigenvalue weighted by atomic mass is 16.1. The summed E-state index contributed by atoms with van der Waals surface area (Å²) in [6, 6.07) is 0. The SMILES string of the molecule is O=c1ncc2nccnc2n1-c1ncnc2nccnc12. The summed E-state index contributed by atoms with van der Waals surface area (Å²) in [5.41, 5.74) is 1.09. The number of hydrogen-bond acceptors (Lipinski definition) is 8. The van der Waals surface area contributed by atoms with E-state index >= 15 is 0 Å². The van der Waals surface area contributed by atoms with Gasteiger partial charge >= 0.3 is 5.69 Å². The lowest BCUT2D eigenvalue weighted by Crippen LogP contribution is -2.23. The highest BCUT2D eigenvalue weighted by Crippen LogP contribution is 2.15. The van der Waals surface area contributed by atoms with Crippen LogP contribution in [0.2, 0.25) is 0 Å². The van der Waals surface area contributed by atoms with Crippen LogP contribution in [0.4, 0.5) is 0 Å². The summed E-state index contributed by atoms with van der Waals surface area (Å²) >= 11 is 0. The Balaban J connectivity index is 2.19. The van der Waals surface area contributed by atoms with Gasteiger partial charge in [0.25, 0.3) is 0 Å². The Morgan fingerprint density at radius 2 is 1.62 bits per heavy atom. The molecule has 0 atom stereocenters. The van der Waals surface area contributed by atoms with Crippen LogP contribution in [0.15, 0.2) is 42.1 Å². The maximum atomic E-state index is 12.2. The Hall–Kier alpha value is -3.36. The smallest absolute Gasteiger partial charge is 0.250 e. The number of fused-ring (bicyclic) bond motifs is 2. The molecule has 0 aliphatic carbocycles. The van der Waals surface area contributed by atoms with Crippen molar-refractivity contribution < 1.29 is 0 Å². The normalized spacial score (nSPS) is 11.0. The fourth-order valence-corrected chi connectivity index (χ4v) is 2.01. The molecule has 0 aromatic carbocycles. The lowest BCUT2D eigenvalue weighted by Gasteiger charge is -2.07. The molecule has 0 saturated carbocycles. The summed E-state index contributed by atoms with van der Waals surface area (Å²) < 4.78 is 1.25. The molecule has 0 N–H and O–H groups in total. The molecule has 0 aliphatic rings. The zero-order valence-corrected chi connectivity index (χ0v) is 10.5. The van der Waals surface area contributed by atoms with Crippen molar-refractivity contribution in [1.29, 1.82) is 0 Å². The van der Waals surface area contributed by atoms with Gasteiger partial charge in [-0.2, -0.15) is 4.98 Å². The molecule has 4 aromatic heterocycles. The minimum atomic E-state index is -0.520. The first-order chi connectivity index (χ1) is 10.3. The minimum Gasteiger partial charge on any atom is -0.250 e. The maximum Gasteiger partial charge on any atom is 0.355 e. The van der Waals surface area contributed by atoms with E-state index in [-0.39, 0.29) is 5.82 Å². The van der Waals surface area contributed by atoms with E-state index in [1.165, 1.54) is 41.9 Å². The average molecular weight is 278 g/mol. The van der Waals surface area contributed by atoms with Gasteiger partial charge in [0, 0.05) is 24.8 Å². The van der Waals surface area contributed by atoms with Crippen molar-refractivity contribution in [1.82, 2.24) is 39.5 Å². The first-order valence-corrected chi connectivity index (χ1v) is 5.95. The van der Waals surface area contributed by atoms with Gasteiger partial charge in [0.2, 0.25) is 0 Å². The third-order valence-corrected chi connectivity index (χ3v) is 2.87. The van der Waals surface area contributed by atoms with E-state index in [0.29, 0.717) is 22.3 Å². The van der Waals surface area contributed by atoms with Crippen molar-refractivity contribution in [3.63, 3.8) is 0 Å². The lowest BCUT2D eigenvalue weighted by atomic mass is 10.4. The zero-order chi connectivity index (χ0) is 14.2. The first-order valence-electron chi connectivity index (χ1n) is 5.95. The van der Waals surface area contributed by atoms with Crippen LogP contribution in [0, 0.1) is 0 Å². The van der Waals surface area contributed by atoms with E-state index in [2.05, 4.69) is 34.9 Å². The summed E-state index contributed by atoms with van der Waals surface area (Å²) in [5, 5.41) is 0. The van der Waals surface area contributed by atoms with Crippen molar-refractivity contribution in [3.05, 3.63) is 47.8 Å². The molecule has 0 spiro atoms. The van der Waals surface area contributed by atoms with Crippen LogP contribution < -0.4 is 5.69 Å². The minimum absolute atomic E-state index is 0.275. The summed E-state index contributed by atoms with van der Waals surface area (Å²) in [6.45, 7) is 0. The van der Waals surface area contributed by atoms with Gasteiger partial charge in [-0.25, -0.2) is 39.3 Å². The highest BCUT2D eigenvalue weighted by molar-refractivity contribution is 5.80. The molecule has 4 rings (SSSR count). The number of hydrogen-bond donors (Lipinski definition) is 0. The lowest BCUT2D eigenvalue weighted by molar-refractivity contribution is 0.898. The van der Waals surface area contributed by atoms with Gasteiger partial charge in [-0.05, 0) is 0 Å². The Bertz CT molecular complexity index is 1020. The molecule has 0 fully saturated rings. The molecular weight excluding hydrogens is 272 g/mol. The van der Waals surface area contributed by atoms with Gasteiger partial charge in [-0.1, -0.05) is 0 Å². The molecule has 9 nitrogen and oxygen atoms in total. The fraction of sp³-hybridized carbons (Fsp3) is 0. The number of rotatable bonds is 1. The molecule has 0 bridgehead atoms. The van der Waals surface area contributed by atoms with Crippen LogP contribution in [-0.2, 0) is 0 Å². The standard InChI is InChI=1S/C12H6N8O/c21-12-17-5-7-10(16-4-1-13-7)20(12)11-8-9(18-6-19-11)15-3-2-14-8/h1-6H.